The Morgan fingerprint density at radius 2 is 1.68 bits per heavy atom. The Morgan fingerprint density at radius 3 is 2.21 bits per heavy atom. The van der Waals surface area contributed by atoms with Crippen LogP contribution in [0.5, 0.6) is 5.75 Å². The number of amides is 2. The van der Waals surface area contributed by atoms with E-state index in [1.54, 1.807) is 17.6 Å². The van der Waals surface area contributed by atoms with Crippen LogP contribution in [-0.2, 0) is 22.6 Å². The fourth-order valence-electron chi connectivity index (χ4n) is 2.75. The van der Waals surface area contributed by atoms with Gasteiger partial charge >= 0.3 is 165 Å². The van der Waals surface area contributed by atoms with E-state index in [0.29, 0.717) is 10.5 Å². The average Bonchev–Trinajstić information content (AvgIpc) is 2.69. The van der Waals surface area contributed by atoms with Gasteiger partial charge in [-0.3, -0.25) is 0 Å². The van der Waals surface area contributed by atoms with Gasteiger partial charge in [-0.05, 0) is 0 Å². The molecule has 1 heterocycles. The van der Waals surface area contributed by atoms with E-state index in [-0.39, 0.29) is 17.9 Å². The Balaban J connectivity index is 2.26. The van der Waals surface area contributed by atoms with Crippen LogP contribution >= 0.6 is 0 Å². The number of nitrogens with zero attached hydrogens (tertiary/aromatic N) is 1. The summed E-state index contributed by atoms with van der Waals surface area (Å²) in [6, 6.07) is 4.31. The molecule has 0 N–H and O–H groups in total. The predicted octanol–water partition coefficient (Wildman–Crippen LogP) is 3.42. The number of carbonyl (C=O) groups excluding carboxylic acids is 2. The average molecular weight is 484 g/mol. The SMILES string of the molecule is CCC1Oc2c([CH]=[Ru+])cccc2N(C(=O)c2c(F)c(F)c(F)c(F)c2F)C1=O. The number of para-hydroxylation sites is 1. The third-order valence-electron chi connectivity index (χ3n) is 4.13. The molecule has 0 aromatic heterocycles. The Hall–Kier alpha value is -2.48. The molecule has 2 aromatic carbocycles. The van der Waals surface area contributed by atoms with E-state index in [1.165, 1.54) is 12.1 Å². The van der Waals surface area contributed by atoms with Gasteiger partial charge in [0.15, 0.2) is 0 Å². The maximum absolute atomic E-state index is 14.1. The summed E-state index contributed by atoms with van der Waals surface area (Å²) in [5.74, 6) is -14.2. The molecule has 0 saturated carbocycles. The van der Waals surface area contributed by atoms with Crippen LogP contribution in [0.3, 0.4) is 0 Å². The summed E-state index contributed by atoms with van der Waals surface area (Å²) in [4.78, 5) is 25.8. The molecule has 1 aliphatic heterocycles. The van der Waals surface area contributed by atoms with Crippen molar-refractivity contribution >= 4 is 22.1 Å². The second kappa shape index (κ2) is 7.50. The summed E-state index contributed by atoms with van der Waals surface area (Å²) in [7, 11) is 0. The van der Waals surface area contributed by atoms with Crippen LogP contribution in [0.15, 0.2) is 18.2 Å². The van der Waals surface area contributed by atoms with Crippen molar-refractivity contribution in [1.82, 2.24) is 0 Å². The van der Waals surface area contributed by atoms with Gasteiger partial charge in [0.25, 0.3) is 0 Å². The molecule has 0 aliphatic carbocycles. The first kappa shape index (κ1) is 20.3. The monoisotopic (exact) mass is 485 g/mol. The fraction of sp³-hybridized carbons (Fsp3) is 0.167. The predicted molar refractivity (Wildman–Crippen MR) is 84.4 cm³/mol. The van der Waals surface area contributed by atoms with Crippen molar-refractivity contribution in [2.75, 3.05) is 4.90 Å². The van der Waals surface area contributed by atoms with Crippen molar-refractivity contribution in [2.24, 2.45) is 0 Å². The molecule has 28 heavy (non-hydrogen) atoms. The molecule has 147 valence electrons. The van der Waals surface area contributed by atoms with E-state index in [2.05, 4.69) is 17.9 Å². The van der Waals surface area contributed by atoms with Crippen molar-refractivity contribution < 1.29 is 54.1 Å². The van der Waals surface area contributed by atoms with Gasteiger partial charge in [0, 0.05) is 0 Å². The molecular weight excluding hydrogens is 474 g/mol. The van der Waals surface area contributed by atoms with Crippen molar-refractivity contribution in [3.63, 3.8) is 0 Å². The van der Waals surface area contributed by atoms with Crippen LogP contribution in [-0.4, -0.2) is 22.5 Å². The number of rotatable bonds is 3. The number of hydrogen-bond acceptors (Lipinski definition) is 3. The van der Waals surface area contributed by atoms with Crippen molar-refractivity contribution in [3.05, 3.63) is 58.4 Å². The van der Waals surface area contributed by atoms with Gasteiger partial charge in [-0.2, -0.15) is 0 Å². The molecule has 0 radical (unpaired) electrons. The molecule has 0 saturated heterocycles. The summed E-state index contributed by atoms with van der Waals surface area (Å²) >= 11 is 2.19. The second-order valence-corrected chi connectivity index (χ2v) is 6.24. The molecule has 2 aromatic rings. The van der Waals surface area contributed by atoms with Gasteiger partial charge in [0.2, 0.25) is 0 Å². The molecule has 0 bridgehead atoms. The second-order valence-electron chi connectivity index (χ2n) is 5.74. The number of hydrogen-bond donors (Lipinski definition) is 0. The molecular formula is C18H10F5NO3Ru+. The van der Waals surface area contributed by atoms with E-state index in [1.807, 2.05) is 0 Å². The number of halogens is 5. The van der Waals surface area contributed by atoms with Crippen LogP contribution in [0, 0.1) is 29.1 Å². The summed E-state index contributed by atoms with van der Waals surface area (Å²) in [5.41, 5.74) is -1.43. The van der Waals surface area contributed by atoms with E-state index in [9.17, 15) is 31.5 Å². The zero-order valence-corrected chi connectivity index (χ0v) is 15.7. The summed E-state index contributed by atoms with van der Waals surface area (Å²) in [6.45, 7) is 1.57. The number of benzene rings is 2. The van der Waals surface area contributed by atoms with E-state index >= 15 is 0 Å². The molecule has 2 amide bonds. The maximum atomic E-state index is 14.1. The first-order valence-corrected chi connectivity index (χ1v) is 8.86. The number of ether oxygens (including phenoxy) is 1. The summed E-state index contributed by atoms with van der Waals surface area (Å²) < 4.78 is 75.7. The van der Waals surface area contributed by atoms with Crippen molar-refractivity contribution in [1.29, 1.82) is 0 Å². The van der Waals surface area contributed by atoms with Crippen LogP contribution in [0.2, 0.25) is 0 Å². The Morgan fingerprint density at radius 1 is 1.11 bits per heavy atom. The third-order valence-corrected chi connectivity index (χ3v) is 4.67. The quantitative estimate of drug-likeness (QED) is 0.221. The van der Waals surface area contributed by atoms with Gasteiger partial charge in [0.05, 0.1) is 0 Å². The topological polar surface area (TPSA) is 46.6 Å². The van der Waals surface area contributed by atoms with Crippen LogP contribution in [0.25, 0.3) is 0 Å². The first-order chi connectivity index (χ1) is 13.2. The molecule has 1 unspecified atom stereocenters. The standard InChI is InChI=1S/C18H10F5NO3.Ru/c1-3-9-17(25)24(8-6-4-5-7(2)16(8)27-9)18(26)10-11(19)13(21)15(23)14(22)12(10)20;/h2,4-6,9H,3H2,1H3;/q;+1. The van der Waals surface area contributed by atoms with Crippen molar-refractivity contribution in [3.8, 4) is 5.75 Å². The number of anilines is 1. The fourth-order valence-corrected chi connectivity index (χ4v) is 3.15. The molecule has 3 rings (SSSR count). The van der Waals surface area contributed by atoms with E-state index < -0.39 is 52.6 Å². The van der Waals surface area contributed by atoms with E-state index in [0.717, 1.165) is 0 Å². The molecule has 1 aliphatic rings. The minimum absolute atomic E-state index is 0.0739. The van der Waals surface area contributed by atoms with Crippen molar-refractivity contribution in [2.45, 2.75) is 19.4 Å². The zero-order valence-electron chi connectivity index (χ0n) is 14.0. The number of imide groups is 1. The minimum atomic E-state index is -2.40. The zero-order chi connectivity index (χ0) is 20.7. The first-order valence-electron chi connectivity index (χ1n) is 7.85. The van der Waals surface area contributed by atoms with Gasteiger partial charge in [-0.1, -0.05) is 0 Å². The summed E-state index contributed by atoms with van der Waals surface area (Å²) in [6.07, 6.45) is -1.07. The third kappa shape index (κ3) is 2.96. The summed E-state index contributed by atoms with van der Waals surface area (Å²) in [5, 5.41) is 0. The Bertz CT molecular complexity index is 998. The van der Waals surface area contributed by atoms with Crippen LogP contribution in [0.1, 0.15) is 29.3 Å². The van der Waals surface area contributed by atoms with Crippen LogP contribution < -0.4 is 9.64 Å². The molecule has 0 fully saturated rings. The molecule has 10 heteroatoms. The van der Waals surface area contributed by atoms with Gasteiger partial charge in [-0.15, -0.1) is 0 Å². The Kier molecular flexibility index (Phi) is 5.43. The number of carbonyl (C=O) groups is 2. The molecule has 1 atom stereocenters. The molecule has 4 nitrogen and oxygen atoms in total. The Labute approximate surface area is 165 Å². The van der Waals surface area contributed by atoms with Gasteiger partial charge < -0.3 is 0 Å². The van der Waals surface area contributed by atoms with Crippen LogP contribution in [0.4, 0.5) is 27.6 Å². The van der Waals surface area contributed by atoms with E-state index in [4.69, 9.17) is 4.74 Å². The molecule has 0 spiro atoms. The number of fused-ring (bicyclic) bond motifs is 1. The van der Waals surface area contributed by atoms with Gasteiger partial charge in [0.1, 0.15) is 0 Å². The normalized spacial score (nSPS) is 15.9. The van der Waals surface area contributed by atoms with Gasteiger partial charge in [-0.25, -0.2) is 0 Å².